The van der Waals surface area contributed by atoms with Crippen LogP contribution in [-0.4, -0.2) is 12.5 Å². The molecule has 0 heterocycles. The molecular weight excluding hydrogens is 321 g/mol. The van der Waals surface area contributed by atoms with Crippen molar-refractivity contribution in [1.82, 2.24) is 0 Å². The Bertz CT molecular complexity index is 660. The number of hydrogen-bond acceptors (Lipinski definition) is 2. The van der Waals surface area contributed by atoms with Gasteiger partial charge in [-0.05, 0) is 24.3 Å². The minimum atomic E-state index is -0.991. The lowest BCUT2D eigenvalue weighted by Gasteiger charge is -2.10. The molecule has 0 aliphatic rings. The van der Waals surface area contributed by atoms with E-state index < -0.39 is 17.5 Å². The van der Waals surface area contributed by atoms with Crippen LogP contribution in [0.4, 0.5) is 20.2 Å². The van der Waals surface area contributed by atoms with Gasteiger partial charge in [0.05, 0.1) is 22.3 Å². The van der Waals surface area contributed by atoms with Gasteiger partial charge in [0.2, 0.25) is 5.91 Å². The van der Waals surface area contributed by atoms with Gasteiger partial charge < -0.3 is 10.6 Å². The van der Waals surface area contributed by atoms with E-state index >= 15 is 0 Å². The lowest BCUT2D eigenvalue weighted by molar-refractivity contribution is -0.114. The summed E-state index contributed by atoms with van der Waals surface area (Å²) in [6, 6.07) is 8.09. The summed E-state index contributed by atoms with van der Waals surface area (Å²) in [5.74, 6) is -2.36. The van der Waals surface area contributed by atoms with Crippen LogP contribution in [0.25, 0.3) is 0 Å². The monoisotopic (exact) mass is 330 g/mol. The number of rotatable bonds is 4. The fourth-order valence-corrected chi connectivity index (χ4v) is 2.08. The Hall–Kier alpha value is -1.85. The molecule has 0 atom stereocenters. The van der Waals surface area contributed by atoms with E-state index in [0.29, 0.717) is 15.7 Å². The van der Waals surface area contributed by atoms with Gasteiger partial charge in [0.25, 0.3) is 0 Å². The number of nitrogens with one attached hydrogen (secondary N) is 2. The molecule has 0 unspecified atom stereocenters. The van der Waals surface area contributed by atoms with E-state index in [1.165, 1.54) is 6.07 Å². The van der Waals surface area contributed by atoms with Crippen LogP contribution in [-0.2, 0) is 4.79 Å². The topological polar surface area (TPSA) is 41.1 Å². The average Bonchev–Trinajstić information content (AvgIpc) is 2.44. The molecule has 7 heteroatoms. The number of benzene rings is 2. The van der Waals surface area contributed by atoms with Crippen molar-refractivity contribution < 1.29 is 13.6 Å². The van der Waals surface area contributed by atoms with Crippen LogP contribution in [0.3, 0.4) is 0 Å². The maximum atomic E-state index is 13.0. The van der Waals surface area contributed by atoms with Crippen molar-refractivity contribution in [1.29, 1.82) is 0 Å². The molecule has 0 aliphatic carbocycles. The highest BCUT2D eigenvalue weighted by atomic mass is 35.5. The highest BCUT2D eigenvalue weighted by molar-refractivity contribution is 6.39. The van der Waals surface area contributed by atoms with Crippen molar-refractivity contribution in [2.45, 2.75) is 0 Å². The SMILES string of the molecule is O=C(CNc1ccc(F)c(F)c1)Nc1c(Cl)cccc1Cl. The molecule has 0 saturated heterocycles. The number of anilines is 2. The van der Waals surface area contributed by atoms with Crippen LogP contribution in [0.5, 0.6) is 0 Å². The molecule has 21 heavy (non-hydrogen) atoms. The molecule has 2 N–H and O–H groups in total. The molecule has 0 radical (unpaired) electrons. The Morgan fingerprint density at radius 3 is 2.33 bits per heavy atom. The van der Waals surface area contributed by atoms with Gasteiger partial charge in [-0.1, -0.05) is 29.3 Å². The molecule has 2 aromatic carbocycles. The Balaban J connectivity index is 1.97. The fourth-order valence-electron chi connectivity index (χ4n) is 1.59. The van der Waals surface area contributed by atoms with Crippen molar-refractivity contribution in [2.24, 2.45) is 0 Å². The first-order chi connectivity index (χ1) is 9.97. The number of para-hydroxylation sites is 1. The van der Waals surface area contributed by atoms with Gasteiger partial charge in [-0.25, -0.2) is 8.78 Å². The molecule has 0 spiro atoms. The summed E-state index contributed by atoms with van der Waals surface area (Å²) < 4.78 is 25.8. The van der Waals surface area contributed by atoms with E-state index in [2.05, 4.69) is 10.6 Å². The quantitative estimate of drug-likeness (QED) is 0.876. The van der Waals surface area contributed by atoms with Gasteiger partial charge in [0, 0.05) is 11.8 Å². The minimum Gasteiger partial charge on any atom is -0.376 e. The van der Waals surface area contributed by atoms with Crippen LogP contribution in [0.1, 0.15) is 0 Å². The number of halogens is 4. The predicted molar refractivity (Wildman–Crippen MR) is 79.9 cm³/mol. The van der Waals surface area contributed by atoms with E-state index in [1.54, 1.807) is 18.2 Å². The molecule has 0 aliphatic heterocycles. The highest BCUT2D eigenvalue weighted by Crippen LogP contribution is 2.29. The Morgan fingerprint density at radius 2 is 1.71 bits per heavy atom. The average molecular weight is 331 g/mol. The lowest BCUT2D eigenvalue weighted by atomic mass is 10.3. The van der Waals surface area contributed by atoms with Crippen molar-refractivity contribution in [2.75, 3.05) is 17.2 Å². The van der Waals surface area contributed by atoms with Crippen molar-refractivity contribution >= 4 is 40.5 Å². The summed E-state index contributed by atoms with van der Waals surface area (Å²) in [5, 5.41) is 5.83. The van der Waals surface area contributed by atoms with E-state index in [-0.39, 0.29) is 12.2 Å². The van der Waals surface area contributed by atoms with E-state index in [0.717, 1.165) is 12.1 Å². The molecule has 0 bridgehead atoms. The second-order valence-electron chi connectivity index (χ2n) is 4.13. The number of carbonyl (C=O) groups is 1. The number of carbonyl (C=O) groups excluding carboxylic acids is 1. The Kier molecular flexibility index (Phi) is 4.98. The van der Waals surface area contributed by atoms with Crippen molar-refractivity contribution in [3.8, 4) is 0 Å². The molecule has 0 aromatic heterocycles. The summed E-state index contributed by atoms with van der Waals surface area (Å²) in [6.45, 7) is -0.146. The number of hydrogen-bond donors (Lipinski definition) is 2. The molecule has 2 rings (SSSR count). The largest absolute Gasteiger partial charge is 0.376 e. The minimum absolute atomic E-state index is 0.146. The van der Waals surface area contributed by atoms with E-state index in [4.69, 9.17) is 23.2 Å². The zero-order valence-corrected chi connectivity index (χ0v) is 12.1. The van der Waals surface area contributed by atoms with Crippen LogP contribution >= 0.6 is 23.2 Å². The first-order valence-electron chi connectivity index (χ1n) is 5.90. The predicted octanol–water partition coefficient (Wildman–Crippen LogP) is 4.32. The fraction of sp³-hybridized carbons (Fsp3) is 0.0714. The molecule has 1 amide bonds. The van der Waals surface area contributed by atoms with Crippen LogP contribution in [0, 0.1) is 11.6 Å². The molecule has 0 saturated carbocycles. The maximum absolute atomic E-state index is 13.0. The van der Waals surface area contributed by atoms with Crippen molar-refractivity contribution in [3.63, 3.8) is 0 Å². The van der Waals surface area contributed by atoms with Gasteiger partial charge in [-0.3, -0.25) is 4.79 Å². The molecule has 0 fully saturated rings. The zero-order chi connectivity index (χ0) is 15.4. The first kappa shape index (κ1) is 15.5. The Labute approximate surface area is 129 Å². The smallest absolute Gasteiger partial charge is 0.243 e. The molecule has 110 valence electrons. The van der Waals surface area contributed by atoms with Crippen molar-refractivity contribution in [3.05, 3.63) is 58.1 Å². The molecule has 3 nitrogen and oxygen atoms in total. The highest BCUT2D eigenvalue weighted by Gasteiger charge is 2.10. The van der Waals surface area contributed by atoms with Gasteiger partial charge in [-0.15, -0.1) is 0 Å². The normalized spacial score (nSPS) is 10.3. The van der Waals surface area contributed by atoms with E-state index in [9.17, 15) is 13.6 Å². The summed E-state index contributed by atoms with van der Waals surface area (Å²) in [6.07, 6.45) is 0. The third-order valence-electron chi connectivity index (χ3n) is 2.60. The van der Waals surface area contributed by atoms with E-state index in [1.807, 2.05) is 0 Å². The van der Waals surface area contributed by atoms with Gasteiger partial charge in [-0.2, -0.15) is 0 Å². The molecule has 2 aromatic rings. The standard InChI is InChI=1S/C14H10Cl2F2N2O/c15-9-2-1-3-10(16)14(9)20-13(21)7-19-8-4-5-11(17)12(18)6-8/h1-6,19H,7H2,(H,20,21). The van der Waals surface area contributed by atoms with Gasteiger partial charge in [0.15, 0.2) is 11.6 Å². The van der Waals surface area contributed by atoms with Gasteiger partial charge >= 0.3 is 0 Å². The van der Waals surface area contributed by atoms with Crippen LogP contribution in [0.2, 0.25) is 10.0 Å². The summed E-state index contributed by atoms with van der Waals surface area (Å²) in [4.78, 5) is 11.8. The maximum Gasteiger partial charge on any atom is 0.243 e. The third-order valence-corrected chi connectivity index (χ3v) is 3.23. The first-order valence-corrected chi connectivity index (χ1v) is 6.66. The van der Waals surface area contributed by atoms with Crippen LogP contribution < -0.4 is 10.6 Å². The third kappa shape index (κ3) is 4.06. The lowest BCUT2D eigenvalue weighted by Crippen LogP contribution is -2.22. The van der Waals surface area contributed by atoms with Crippen LogP contribution in [0.15, 0.2) is 36.4 Å². The number of amides is 1. The second-order valence-corrected chi connectivity index (χ2v) is 4.94. The Morgan fingerprint density at radius 1 is 1.05 bits per heavy atom. The molecular formula is C14H10Cl2F2N2O. The summed E-state index contributed by atoms with van der Waals surface area (Å²) in [7, 11) is 0. The zero-order valence-electron chi connectivity index (χ0n) is 10.6. The second kappa shape index (κ2) is 6.74. The summed E-state index contributed by atoms with van der Waals surface area (Å²) in [5.41, 5.74) is 0.590. The summed E-state index contributed by atoms with van der Waals surface area (Å²) >= 11 is 11.8. The van der Waals surface area contributed by atoms with Gasteiger partial charge in [0.1, 0.15) is 0 Å².